The minimum atomic E-state index is -0.661. The molecular formula is C14H15Cl2NOS. The van der Waals surface area contributed by atoms with Gasteiger partial charge in [0.25, 0.3) is 0 Å². The second kappa shape index (κ2) is 6.73. The van der Waals surface area contributed by atoms with Gasteiger partial charge in [0.1, 0.15) is 0 Å². The Bertz CT molecular complexity index is 556. The lowest BCUT2D eigenvalue weighted by atomic mass is 10.1. The molecule has 102 valence electrons. The van der Waals surface area contributed by atoms with Crippen molar-refractivity contribution >= 4 is 34.5 Å². The van der Waals surface area contributed by atoms with E-state index in [1.807, 2.05) is 0 Å². The maximum Gasteiger partial charge on any atom is 0.0929 e. The topological polar surface area (TPSA) is 32.3 Å². The summed E-state index contributed by atoms with van der Waals surface area (Å²) in [5.74, 6) is 0. The van der Waals surface area contributed by atoms with E-state index in [0.29, 0.717) is 22.2 Å². The summed E-state index contributed by atoms with van der Waals surface area (Å²) >= 11 is 13.7. The molecule has 1 aromatic carbocycles. The second-order valence-corrected chi connectivity index (χ2v) is 6.18. The van der Waals surface area contributed by atoms with Crippen molar-refractivity contribution in [3.8, 4) is 0 Å². The Morgan fingerprint density at radius 1 is 1.32 bits per heavy atom. The van der Waals surface area contributed by atoms with Gasteiger partial charge in [-0.05, 0) is 42.1 Å². The van der Waals surface area contributed by atoms with Crippen LogP contribution in [-0.2, 0) is 6.54 Å². The number of benzene rings is 1. The van der Waals surface area contributed by atoms with Crippen molar-refractivity contribution in [3.63, 3.8) is 0 Å². The lowest BCUT2D eigenvalue weighted by Crippen LogP contribution is -2.21. The van der Waals surface area contributed by atoms with E-state index in [1.54, 1.807) is 29.5 Å². The summed E-state index contributed by atoms with van der Waals surface area (Å²) in [6.07, 6.45) is -0.661. The van der Waals surface area contributed by atoms with Crippen LogP contribution in [0.1, 0.15) is 22.1 Å². The van der Waals surface area contributed by atoms with Gasteiger partial charge in [-0.25, -0.2) is 0 Å². The average molecular weight is 316 g/mol. The molecule has 1 atom stereocenters. The molecule has 0 radical (unpaired) electrons. The van der Waals surface area contributed by atoms with E-state index >= 15 is 0 Å². The van der Waals surface area contributed by atoms with Gasteiger partial charge < -0.3 is 10.4 Å². The highest BCUT2D eigenvalue weighted by atomic mass is 35.5. The summed E-state index contributed by atoms with van der Waals surface area (Å²) < 4.78 is 0. The van der Waals surface area contributed by atoms with Gasteiger partial charge in [-0.3, -0.25) is 0 Å². The van der Waals surface area contributed by atoms with Gasteiger partial charge in [0.15, 0.2) is 0 Å². The quantitative estimate of drug-likeness (QED) is 0.867. The first-order chi connectivity index (χ1) is 9.08. The highest BCUT2D eigenvalue weighted by Gasteiger charge is 2.12. The highest BCUT2D eigenvalue weighted by molar-refractivity contribution is 7.10. The van der Waals surface area contributed by atoms with Crippen molar-refractivity contribution in [2.24, 2.45) is 0 Å². The fraction of sp³-hybridized carbons (Fsp3) is 0.286. The summed E-state index contributed by atoms with van der Waals surface area (Å²) in [4.78, 5) is 1.28. The summed E-state index contributed by atoms with van der Waals surface area (Å²) in [6.45, 7) is 3.27. The Morgan fingerprint density at radius 2 is 2.11 bits per heavy atom. The van der Waals surface area contributed by atoms with Crippen LogP contribution >= 0.6 is 34.5 Å². The van der Waals surface area contributed by atoms with Crippen LogP contribution in [0.5, 0.6) is 0 Å². The Morgan fingerprint density at radius 3 is 2.79 bits per heavy atom. The molecule has 1 heterocycles. The molecule has 2 N–H and O–H groups in total. The van der Waals surface area contributed by atoms with Gasteiger partial charge in [-0.1, -0.05) is 23.2 Å². The third-order valence-electron chi connectivity index (χ3n) is 2.91. The standard InChI is InChI=1S/C14H15Cl2NOS/c1-9-4-5-19-14(9)8-17-7-13(18)11-6-10(15)2-3-12(11)16/h2-6,13,17-18H,7-8H2,1H3. The van der Waals surface area contributed by atoms with Crippen LogP contribution in [0.4, 0.5) is 0 Å². The van der Waals surface area contributed by atoms with Crippen molar-refractivity contribution in [1.29, 1.82) is 0 Å². The van der Waals surface area contributed by atoms with Crippen LogP contribution in [0.2, 0.25) is 10.0 Å². The molecule has 0 amide bonds. The molecule has 0 bridgehead atoms. The minimum Gasteiger partial charge on any atom is -0.387 e. The SMILES string of the molecule is Cc1ccsc1CNCC(O)c1cc(Cl)ccc1Cl. The van der Waals surface area contributed by atoms with Crippen LogP contribution in [0.15, 0.2) is 29.6 Å². The van der Waals surface area contributed by atoms with Gasteiger partial charge in [-0.2, -0.15) is 0 Å². The van der Waals surface area contributed by atoms with Gasteiger partial charge in [0, 0.05) is 33.6 Å². The van der Waals surface area contributed by atoms with Crippen molar-refractivity contribution in [2.45, 2.75) is 19.6 Å². The lowest BCUT2D eigenvalue weighted by Gasteiger charge is -2.14. The van der Waals surface area contributed by atoms with E-state index in [4.69, 9.17) is 23.2 Å². The molecule has 0 aliphatic rings. The monoisotopic (exact) mass is 315 g/mol. The molecule has 1 aromatic heterocycles. The maximum atomic E-state index is 10.1. The Hall–Kier alpha value is -0.580. The molecule has 5 heteroatoms. The number of rotatable bonds is 5. The highest BCUT2D eigenvalue weighted by Crippen LogP contribution is 2.26. The fourth-order valence-corrected chi connectivity index (χ4v) is 3.09. The molecule has 19 heavy (non-hydrogen) atoms. The Labute approximate surface area is 127 Å². The largest absolute Gasteiger partial charge is 0.387 e. The van der Waals surface area contributed by atoms with E-state index in [1.165, 1.54) is 10.4 Å². The van der Waals surface area contributed by atoms with E-state index in [2.05, 4.69) is 23.7 Å². The first kappa shape index (κ1) is 14.8. The zero-order chi connectivity index (χ0) is 13.8. The van der Waals surface area contributed by atoms with Gasteiger partial charge in [-0.15, -0.1) is 11.3 Å². The van der Waals surface area contributed by atoms with Crippen LogP contribution in [0.25, 0.3) is 0 Å². The average Bonchev–Trinajstić information content (AvgIpc) is 2.78. The molecule has 2 aromatic rings. The number of aliphatic hydroxyl groups excluding tert-OH is 1. The van der Waals surface area contributed by atoms with Gasteiger partial charge >= 0.3 is 0 Å². The maximum absolute atomic E-state index is 10.1. The van der Waals surface area contributed by atoms with E-state index in [9.17, 15) is 5.11 Å². The third-order valence-corrected chi connectivity index (χ3v) is 4.51. The molecule has 2 nitrogen and oxygen atoms in total. The van der Waals surface area contributed by atoms with E-state index < -0.39 is 6.10 Å². The first-order valence-corrected chi connectivity index (χ1v) is 7.58. The summed E-state index contributed by atoms with van der Waals surface area (Å²) in [7, 11) is 0. The molecule has 1 unspecified atom stereocenters. The van der Waals surface area contributed by atoms with Gasteiger partial charge in [0.05, 0.1) is 6.10 Å². The number of aliphatic hydroxyl groups is 1. The fourth-order valence-electron chi connectivity index (χ4n) is 1.79. The van der Waals surface area contributed by atoms with Gasteiger partial charge in [0.2, 0.25) is 0 Å². The van der Waals surface area contributed by atoms with Crippen molar-refractivity contribution < 1.29 is 5.11 Å². The molecular weight excluding hydrogens is 301 g/mol. The smallest absolute Gasteiger partial charge is 0.0929 e. The first-order valence-electron chi connectivity index (χ1n) is 5.94. The van der Waals surface area contributed by atoms with Crippen LogP contribution < -0.4 is 5.32 Å². The molecule has 0 spiro atoms. The molecule has 0 saturated carbocycles. The summed E-state index contributed by atoms with van der Waals surface area (Å²) in [5, 5.41) is 16.5. The van der Waals surface area contributed by atoms with E-state index in [-0.39, 0.29) is 0 Å². The predicted molar refractivity (Wildman–Crippen MR) is 82.2 cm³/mol. The Kier molecular flexibility index (Phi) is 5.25. The molecule has 0 aliphatic heterocycles. The molecule has 2 rings (SSSR count). The van der Waals surface area contributed by atoms with E-state index in [0.717, 1.165) is 6.54 Å². The Balaban J connectivity index is 1.92. The number of hydrogen-bond donors (Lipinski definition) is 2. The zero-order valence-electron chi connectivity index (χ0n) is 10.5. The van der Waals surface area contributed by atoms with Crippen LogP contribution in [0.3, 0.4) is 0 Å². The van der Waals surface area contributed by atoms with Crippen molar-refractivity contribution in [3.05, 3.63) is 55.7 Å². The minimum absolute atomic E-state index is 0.442. The number of hydrogen-bond acceptors (Lipinski definition) is 3. The summed E-state index contributed by atoms with van der Waals surface area (Å²) in [5.41, 5.74) is 1.93. The predicted octanol–water partition coefficient (Wildman–Crippen LogP) is 4.19. The van der Waals surface area contributed by atoms with Crippen LogP contribution in [0, 0.1) is 6.92 Å². The molecule has 0 aliphatic carbocycles. The summed E-state index contributed by atoms with van der Waals surface area (Å²) in [6, 6.07) is 7.20. The lowest BCUT2D eigenvalue weighted by molar-refractivity contribution is 0.174. The van der Waals surface area contributed by atoms with Crippen LogP contribution in [-0.4, -0.2) is 11.7 Å². The van der Waals surface area contributed by atoms with Crippen molar-refractivity contribution in [2.75, 3.05) is 6.54 Å². The number of aryl methyl sites for hydroxylation is 1. The second-order valence-electron chi connectivity index (χ2n) is 4.34. The third kappa shape index (κ3) is 3.94. The normalized spacial score (nSPS) is 12.6. The molecule has 0 saturated heterocycles. The zero-order valence-corrected chi connectivity index (χ0v) is 12.8. The molecule has 0 fully saturated rings. The number of thiophene rings is 1. The van der Waals surface area contributed by atoms with Crippen molar-refractivity contribution in [1.82, 2.24) is 5.32 Å². The number of nitrogens with one attached hydrogen (secondary N) is 1. The number of halogens is 2.